The van der Waals surface area contributed by atoms with E-state index in [9.17, 15) is 13.6 Å². The van der Waals surface area contributed by atoms with Gasteiger partial charge in [0.15, 0.2) is 0 Å². The van der Waals surface area contributed by atoms with Gasteiger partial charge in [-0.1, -0.05) is 0 Å². The van der Waals surface area contributed by atoms with Crippen molar-refractivity contribution in [3.05, 3.63) is 29.6 Å². The van der Waals surface area contributed by atoms with E-state index in [0.717, 1.165) is 12.4 Å². The molecule has 1 aromatic rings. The molecule has 0 aromatic carbocycles. The Labute approximate surface area is 79.4 Å². The van der Waals surface area contributed by atoms with Crippen LogP contribution in [0.1, 0.15) is 19.4 Å². The van der Waals surface area contributed by atoms with Crippen LogP contribution in [0.4, 0.5) is 8.78 Å². The summed E-state index contributed by atoms with van der Waals surface area (Å²) >= 11 is 0. The van der Waals surface area contributed by atoms with Crippen molar-refractivity contribution in [2.45, 2.75) is 19.3 Å². The Morgan fingerprint density at radius 2 is 1.79 bits per heavy atom. The maximum Gasteiger partial charge on any atom is 0.313 e. The van der Waals surface area contributed by atoms with Gasteiger partial charge < -0.3 is 5.11 Å². The normalized spacial score (nSPS) is 11.4. The van der Waals surface area contributed by atoms with E-state index in [4.69, 9.17) is 5.11 Å². The topological polar surface area (TPSA) is 50.2 Å². The third-order valence-electron chi connectivity index (χ3n) is 2.01. The van der Waals surface area contributed by atoms with Crippen molar-refractivity contribution in [3.63, 3.8) is 0 Å². The van der Waals surface area contributed by atoms with Crippen molar-refractivity contribution in [1.82, 2.24) is 4.98 Å². The zero-order valence-corrected chi connectivity index (χ0v) is 7.71. The lowest BCUT2D eigenvalue weighted by molar-refractivity contribution is -0.142. The van der Waals surface area contributed by atoms with Crippen LogP contribution in [0.3, 0.4) is 0 Å². The largest absolute Gasteiger partial charge is 0.481 e. The van der Waals surface area contributed by atoms with Crippen molar-refractivity contribution >= 4 is 5.97 Å². The lowest BCUT2D eigenvalue weighted by Gasteiger charge is -2.20. The van der Waals surface area contributed by atoms with Crippen molar-refractivity contribution in [2.24, 2.45) is 0 Å². The summed E-state index contributed by atoms with van der Waals surface area (Å²) in [6.07, 6.45) is 1.59. The van der Waals surface area contributed by atoms with Crippen LogP contribution < -0.4 is 0 Å². The number of aromatic nitrogens is 1. The van der Waals surface area contributed by atoms with Crippen LogP contribution in [0.5, 0.6) is 0 Å². The molecule has 1 rings (SSSR count). The third-order valence-corrected chi connectivity index (χ3v) is 2.01. The zero-order valence-electron chi connectivity index (χ0n) is 7.71. The van der Waals surface area contributed by atoms with Gasteiger partial charge in [0.25, 0.3) is 0 Å². The molecule has 76 valence electrons. The van der Waals surface area contributed by atoms with Gasteiger partial charge in [0.1, 0.15) is 11.6 Å². The number of rotatable bonds is 2. The fourth-order valence-corrected chi connectivity index (χ4v) is 1.12. The number of hydrogen-bond donors (Lipinski definition) is 1. The number of nitrogens with zero attached hydrogens (tertiary/aromatic N) is 1. The van der Waals surface area contributed by atoms with Gasteiger partial charge in [0.05, 0.1) is 17.8 Å². The Bertz CT molecular complexity index is 357. The minimum atomic E-state index is -1.60. The van der Waals surface area contributed by atoms with E-state index in [1.54, 1.807) is 0 Å². The zero-order chi connectivity index (χ0) is 10.9. The SMILES string of the molecule is CC(C)(C(=O)O)c1c(F)cncc1F. The molecular formula is C9H9F2NO2. The molecule has 0 atom stereocenters. The van der Waals surface area contributed by atoms with Crippen LogP contribution in [-0.4, -0.2) is 16.1 Å². The number of hydrogen-bond acceptors (Lipinski definition) is 2. The molecule has 0 aliphatic carbocycles. The van der Waals surface area contributed by atoms with Gasteiger partial charge >= 0.3 is 5.97 Å². The second kappa shape index (κ2) is 3.32. The number of carbonyl (C=O) groups is 1. The molecule has 3 nitrogen and oxygen atoms in total. The summed E-state index contributed by atoms with van der Waals surface area (Å²) in [7, 11) is 0. The monoisotopic (exact) mass is 201 g/mol. The smallest absolute Gasteiger partial charge is 0.313 e. The maximum absolute atomic E-state index is 13.1. The molecule has 0 saturated carbocycles. The number of pyridine rings is 1. The quantitative estimate of drug-likeness (QED) is 0.792. The molecular weight excluding hydrogens is 192 g/mol. The minimum Gasteiger partial charge on any atom is -0.481 e. The van der Waals surface area contributed by atoms with Gasteiger partial charge in [0.2, 0.25) is 0 Å². The fraction of sp³-hybridized carbons (Fsp3) is 0.333. The summed E-state index contributed by atoms with van der Waals surface area (Å²) in [4.78, 5) is 14.0. The van der Waals surface area contributed by atoms with Crippen LogP contribution in [0.2, 0.25) is 0 Å². The first-order valence-electron chi connectivity index (χ1n) is 3.90. The molecule has 1 N–H and O–H groups in total. The van der Waals surface area contributed by atoms with Gasteiger partial charge in [-0.3, -0.25) is 9.78 Å². The van der Waals surface area contributed by atoms with Gasteiger partial charge in [-0.2, -0.15) is 0 Å². The van der Waals surface area contributed by atoms with Gasteiger partial charge in [-0.05, 0) is 13.8 Å². The molecule has 0 aliphatic heterocycles. The summed E-state index contributed by atoms with van der Waals surface area (Å²) in [5.41, 5.74) is -2.07. The molecule has 0 saturated heterocycles. The van der Waals surface area contributed by atoms with Crippen LogP contribution in [0.15, 0.2) is 12.4 Å². The Balaban J connectivity index is 3.38. The standard InChI is InChI=1S/C9H9F2NO2/c1-9(2,8(13)14)7-5(10)3-12-4-6(7)11/h3-4H,1-2H3,(H,13,14). The average Bonchev–Trinajstić information content (AvgIpc) is 2.02. The van der Waals surface area contributed by atoms with E-state index in [0.29, 0.717) is 0 Å². The molecule has 5 heteroatoms. The minimum absolute atomic E-state index is 0.472. The molecule has 0 unspecified atom stereocenters. The van der Waals surface area contributed by atoms with E-state index >= 15 is 0 Å². The average molecular weight is 201 g/mol. The van der Waals surface area contributed by atoms with Crippen LogP contribution >= 0.6 is 0 Å². The van der Waals surface area contributed by atoms with E-state index in [1.807, 2.05) is 0 Å². The Hall–Kier alpha value is -1.52. The Kier molecular flexibility index (Phi) is 2.51. The number of carboxylic acids is 1. The summed E-state index contributed by atoms with van der Waals surface area (Å²) in [5.74, 6) is -3.18. The number of aliphatic carboxylic acids is 1. The van der Waals surface area contributed by atoms with Gasteiger partial charge in [0, 0.05) is 5.56 Å². The highest BCUT2D eigenvalue weighted by molar-refractivity contribution is 5.80. The second-order valence-electron chi connectivity index (χ2n) is 3.41. The highest BCUT2D eigenvalue weighted by Crippen LogP contribution is 2.27. The van der Waals surface area contributed by atoms with Crippen molar-refractivity contribution < 1.29 is 18.7 Å². The van der Waals surface area contributed by atoms with Crippen molar-refractivity contribution in [3.8, 4) is 0 Å². The summed E-state index contributed by atoms with van der Waals surface area (Å²) in [6.45, 7) is 2.47. The summed E-state index contributed by atoms with van der Waals surface area (Å²) in [5, 5.41) is 8.79. The van der Waals surface area contributed by atoms with Crippen LogP contribution in [-0.2, 0) is 10.2 Å². The van der Waals surface area contributed by atoms with E-state index in [-0.39, 0.29) is 0 Å². The van der Waals surface area contributed by atoms with E-state index < -0.39 is 28.6 Å². The first-order chi connectivity index (χ1) is 6.37. The molecule has 0 amide bonds. The third kappa shape index (κ3) is 1.57. The second-order valence-corrected chi connectivity index (χ2v) is 3.41. The van der Waals surface area contributed by atoms with E-state index in [1.165, 1.54) is 13.8 Å². The van der Waals surface area contributed by atoms with Crippen LogP contribution in [0, 0.1) is 11.6 Å². The van der Waals surface area contributed by atoms with Crippen molar-refractivity contribution in [1.29, 1.82) is 0 Å². The molecule has 0 aliphatic rings. The molecule has 0 fully saturated rings. The first kappa shape index (κ1) is 10.6. The molecule has 0 radical (unpaired) electrons. The van der Waals surface area contributed by atoms with E-state index in [2.05, 4.69) is 4.98 Å². The Morgan fingerprint density at radius 1 is 1.36 bits per heavy atom. The molecule has 0 spiro atoms. The summed E-state index contributed by atoms with van der Waals surface area (Å²) in [6, 6.07) is 0. The Morgan fingerprint density at radius 3 is 2.14 bits per heavy atom. The molecule has 14 heavy (non-hydrogen) atoms. The van der Waals surface area contributed by atoms with Crippen molar-refractivity contribution in [2.75, 3.05) is 0 Å². The lowest BCUT2D eigenvalue weighted by Crippen LogP contribution is -2.31. The maximum atomic E-state index is 13.1. The highest BCUT2D eigenvalue weighted by atomic mass is 19.1. The summed E-state index contributed by atoms with van der Waals surface area (Å²) < 4.78 is 26.3. The van der Waals surface area contributed by atoms with Crippen LogP contribution in [0.25, 0.3) is 0 Å². The number of carboxylic acid groups (broad SMARTS) is 1. The number of halogens is 2. The van der Waals surface area contributed by atoms with Gasteiger partial charge in [-0.15, -0.1) is 0 Å². The fourth-order valence-electron chi connectivity index (χ4n) is 1.12. The highest BCUT2D eigenvalue weighted by Gasteiger charge is 2.35. The molecule has 0 bridgehead atoms. The van der Waals surface area contributed by atoms with Gasteiger partial charge in [-0.25, -0.2) is 8.78 Å². The predicted octanol–water partition coefficient (Wildman–Crippen LogP) is 1.72. The molecule has 1 aromatic heterocycles. The first-order valence-corrected chi connectivity index (χ1v) is 3.90. The predicted molar refractivity (Wildman–Crippen MR) is 44.8 cm³/mol. The molecule has 1 heterocycles. The lowest BCUT2D eigenvalue weighted by atomic mass is 9.85.